The number of carbonyl (C=O) groups excluding carboxylic acids is 1. The predicted molar refractivity (Wildman–Crippen MR) is 104 cm³/mol. The lowest BCUT2D eigenvalue weighted by atomic mass is 10.0. The van der Waals surface area contributed by atoms with Gasteiger partial charge in [-0.1, -0.05) is 29.3 Å². The molecule has 0 radical (unpaired) electrons. The van der Waals surface area contributed by atoms with Crippen LogP contribution in [0.3, 0.4) is 0 Å². The van der Waals surface area contributed by atoms with E-state index in [1.807, 2.05) is 0 Å². The summed E-state index contributed by atoms with van der Waals surface area (Å²) in [4.78, 5) is 27.3. The summed E-state index contributed by atoms with van der Waals surface area (Å²) in [5, 5.41) is 23.7. The van der Waals surface area contributed by atoms with Crippen LogP contribution in [0.15, 0.2) is 36.5 Å². The van der Waals surface area contributed by atoms with Crippen LogP contribution in [-0.4, -0.2) is 33.1 Å². The van der Waals surface area contributed by atoms with E-state index >= 15 is 0 Å². The first-order valence-corrected chi connectivity index (χ1v) is 8.80. The number of carboxylic acids is 1. The maximum absolute atomic E-state index is 12.6. The van der Waals surface area contributed by atoms with Gasteiger partial charge in [-0.05, 0) is 42.3 Å². The molecule has 3 rings (SSSR count). The van der Waals surface area contributed by atoms with Crippen LogP contribution < -0.4 is 5.32 Å². The highest BCUT2D eigenvalue weighted by atomic mass is 35.5. The third kappa shape index (κ3) is 3.86. The maximum Gasteiger partial charge on any atom is 0.326 e. The number of phenols is 1. The van der Waals surface area contributed by atoms with Crippen molar-refractivity contribution in [3.63, 3.8) is 0 Å². The Morgan fingerprint density at radius 3 is 2.67 bits per heavy atom. The molecule has 0 aliphatic rings. The zero-order valence-corrected chi connectivity index (χ0v) is 15.7. The first-order valence-electron chi connectivity index (χ1n) is 8.05. The summed E-state index contributed by atoms with van der Waals surface area (Å²) in [6.07, 6.45) is 1.74. The monoisotopic (exact) mass is 406 g/mol. The number of halogens is 2. The van der Waals surface area contributed by atoms with Crippen LogP contribution in [0.4, 0.5) is 0 Å². The van der Waals surface area contributed by atoms with Gasteiger partial charge in [-0.2, -0.15) is 0 Å². The second-order valence-corrected chi connectivity index (χ2v) is 6.98. The van der Waals surface area contributed by atoms with Crippen LogP contribution in [0.5, 0.6) is 5.75 Å². The highest BCUT2D eigenvalue weighted by Gasteiger charge is 2.25. The lowest BCUT2D eigenvalue weighted by Gasteiger charge is -2.16. The van der Waals surface area contributed by atoms with Gasteiger partial charge in [0, 0.05) is 33.6 Å². The van der Waals surface area contributed by atoms with Crippen LogP contribution in [0.2, 0.25) is 10.0 Å². The van der Waals surface area contributed by atoms with E-state index in [9.17, 15) is 19.8 Å². The molecule has 2 aromatic carbocycles. The Morgan fingerprint density at radius 1 is 1.22 bits per heavy atom. The number of benzene rings is 2. The summed E-state index contributed by atoms with van der Waals surface area (Å²) in [5.74, 6) is -2.16. The number of aromatic hydroxyl groups is 1. The average Bonchev–Trinajstić information content (AvgIpc) is 2.99. The Balaban J connectivity index is 1.87. The highest BCUT2D eigenvalue weighted by Crippen LogP contribution is 2.27. The third-order valence-electron chi connectivity index (χ3n) is 4.36. The number of H-pyrrole nitrogens is 1. The van der Waals surface area contributed by atoms with E-state index in [1.165, 1.54) is 12.1 Å². The average molecular weight is 407 g/mol. The molecular formula is C19H16Cl2N2O4. The van der Waals surface area contributed by atoms with Crippen molar-refractivity contribution in [3.8, 4) is 5.75 Å². The van der Waals surface area contributed by atoms with Crippen LogP contribution in [-0.2, 0) is 11.2 Å². The Morgan fingerprint density at radius 2 is 1.96 bits per heavy atom. The summed E-state index contributed by atoms with van der Waals surface area (Å²) in [6.45, 7) is 1.58. The zero-order valence-electron chi connectivity index (χ0n) is 14.2. The number of nitrogens with one attached hydrogen (secondary N) is 2. The quantitative estimate of drug-likeness (QED) is 0.515. The van der Waals surface area contributed by atoms with Crippen LogP contribution >= 0.6 is 23.2 Å². The lowest BCUT2D eigenvalue weighted by Crippen LogP contribution is -2.42. The van der Waals surface area contributed by atoms with E-state index in [2.05, 4.69) is 10.3 Å². The number of carboxylic acid groups (broad SMARTS) is 1. The lowest BCUT2D eigenvalue weighted by molar-refractivity contribution is -0.139. The van der Waals surface area contributed by atoms with Gasteiger partial charge < -0.3 is 20.5 Å². The topological polar surface area (TPSA) is 102 Å². The molecule has 4 N–H and O–H groups in total. The number of amides is 1. The van der Waals surface area contributed by atoms with Gasteiger partial charge in [0.15, 0.2) is 0 Å². The van der Waals surface area contributed by atoms with Gasteiger partial charge in [0.1, 0.15) is 11.8 Å². The van der Waals surface area contributed by atoms with Crippen LogP contribution in [0.1, 0.15) is 21.5 Å². The fraction of sp³-hybridized carbons (Fsp3) is 0.158. The first kappa shape index (κ1) is 19.1. The van der Waals surface area contributed by atoms with Crippen molar-refractivity contribution in [1.82, 2.24) is 10.3 Å². The molecule has 0 bridgehead atoms. The van der Waals surface area contributed by atoms with Gasteiger partial charge in [-0.15, -0.1) is 0 Å². The van der Waals surface area contributed by atoms with Crippen molar-refractivity contribution < 1.29 is 19.8 Å². The molecule has 0 saturated heterocycles. The van der Waals surface area contributed by atoms with E-state index in [0.29, 0.717) is 15.6 Å². The van der Waals surface area contributed by atoms with Gasteiger partial charge in [-0.3, -0.25) is 4.79 Å². The molecule has 0 aliphatic carbocycles. The molecule has 0 aliphatic heterocycles. The number of aromatic amines is 1. The summed E-state index contributed by atoms with van der Waals surface area (Å²) < 4.78 is 0. The van der Waals surface area contributed by atoms with Gasteiger partial charge >= 0.3 is 5.97 Å². The number of aliphatic carboxylic acids is 1. The van der Waals surface area contributed by atoms with E-state index < -0.39 is 17.9 Å². The number of carbonyl (C=O) groups is 2. The Bertz CT molecular complexity index is 1050. The van der Waals surface area contributed by atoms with Crippen molar-refractivity contribution in [2.45, 2.75) is 19.4 Å². The predicted octanol–water partition coefficient (Wildman–Crippen LogP) is 3.91. The number of hydrogen-bond donors (Lipinski definition) is 4. The van der Waals surface area contributed by atoms with Gasteiger partial charge in [0.25, 0.3) is 5.91 Å². The molecule has 6 nitrogen and oxygen atoms in total. The minimum atomic E-state index is -1.19. The Kier molecular flexibility index (Phi) is 5.30. The molecule has 1 aromatic heterocycles. The molecule has 3 aromatic rings. The van der Waals surface area contributed by atoms with Crippen LogP contribution in [0, 0.1) is 6.92 Å². The second-order valence-electron chi connectivity index (χ2n) is 6.14. The van der Waals surface area contributed by atoms with Crippen molar-refractivity contribution >= 4 is 46.0 Å². The Hall–Kier alpha value is -2.70. The molecule has 27 heavy (non-hydrogen) atoms. The number of fused-ring (bicyclic) bond motifs is 1. The van der Waals surface area contributed by atoms with E-state index in [-0.39, 0.29) is 17.7 Å². The SMILES string of the molecule is Cc1c(Cl)ccc(O)c1C(=O)NC(Cc1c[nH]c2cc(Cl)ccc12)C(=O)O. The molecule has 1 amide bonds. The summed E-state index contributed by atoms with van der Waals surface area (Å²) >= 11 is 12.0. The van der Waals surface area contributed by atoms with E-state index in [4.69, 9.17) is 23.2 Å². The number of phenolic OH excluding ortho intramolecular Hbond substituents is 1. The summed E-state index contributed by atoms with van der Waals surface area (Å²) in [6, 6.07) is 6.81. The van der Waals surface area contributed by atoms with Gasteiger partial charge in [0.05, 0.1) is 5.56 Å². The minimum Gasteiger partial charge on any atom is -0.507 e. The van der Waals surface area contributed by atoms with Crippen molar-refractivity contribution in [3.05, 3.63) is 63.3 Å². The molecular weight excluding hydrogens is 391 g/mol. The molecule has 1 unspecified atom stereocenters. The third-order valence-corrected chi connectivity index (χ3v) is 5.01. The standard InChI is InChI=1S/C19H16Cl2N2O4/c1-9-13(21)4-5-16(24)17(9)18(25)23-15(19(26)27)6-10-8-22-14-7-11(20)2-3-12(10)14/h2-5,7-8,15,22,24H,6H2,1H3,(H,23,25)(H,26,27). The fourth-order valence-electron chi connectivity index (χ4n) is 2.94. The molecule has 0 saturated carbocycles. The van der Waals surface area contributed by atoms with Crippen molar-refractivity contribution in [2.75, 3.05) is 0 Å². The number of hydrogen-bond acceptors (Lipinski definition) is 3. The summed E-state index contributed by atoms with van der Waals surface area (Å²) in [5.41, 5.74) is 1.83. The molecule has 140 valence electrons. The smallest absolute Gasteiger partial charge is 0.326 e. The zero-order chi connectivity index (χ0) is 19.7. The molecule has 0 fully saturated rings. The normalized spacial score (nSPS) is 12.1. The fourth-order valence-corrected chi connectivity index (χ4v) is 3.27. The van der Waals surface area contributed by atoms with Crippen molar-refractivity contribution in [2.24, 2.45) is 0 Å². The van der Waals surface area contributed by atoms with Gasteiger partial charge in [-0.25, -0.2) is 4.79 Å². The Labute approximate surface area is 164 Å². The van der Waals surface area contributed by atoms with Crippen molar-refractivity contribution in [1.29, 1.82) is 0 Å². The number of aromatic nitrogens is 1. The molecule has 8 heteroatoms. The van der Waals surface area contributed by atoms with E-state index in [0.717, 1.165) is 16.5 Å². The maximum atomic E-state index is 12.6. The first-order chi connectivity index (χ1) is 12.8. The van der Waals surface area contributed by atoms with Crippen LogP contribution in [0.25, 0.3) is 10.9 Å². The second kappa shape index (κ2) is 7.50. The number of rotatable bonds is 5. The van der Waals surface area contributed by atoms with Gasteiger partial charge in [0.2, 0.25) is 0 Å². The molecule has 0 spiro atoms. The largest absolute Gasteiger partial charge is 0.507 e. The summed E-state index contributed by atoms with van der Waals surface area (Å²) in [7, 11) is 0. The molecule has 1 heterocycles. The highest BCUT2D eigenvalue weighted by molar-refractivity contribution is 6.32. The van der Waals surface area contributed by atoms with E-state index in [1.54, 1.807) is 31.3 Å². The minimum absolute atomic E-state index is 0.0422. The molecule has 1 atom stereocenters.